The molecule has 0 spiro atoms. The lowest BCUT2D eigenvalue weighted by Gasteiger charge is -2.28. The topological polar surface area (TPSA) is 93.2 Å². The van der Waals surface area contributed by atoms with Gasteiger partial charge in [0.25, 0.3) is 0 Å². The molecule has 260 valence electrons. The molecule has 0 N–H and O–H groups in total. The summed E-state index contributed by atoms with van der Waals surface area (Å²) in [6.07, 6.45) is -1.69. The van der Waals surface area contributed by atoms with Crippen molar-refractivity contribution in [3.8, 4) is 22.3 Å². The molecular weight excluding hydrogens is 640 g/mol. The van der Waals surface area contributed by atoms with E-state index in [-0.39, 0.29) is 39.3 Å². The summed E-state index contributed by atoms with van der Waals surface area (Å²) >= 11 is 0. The molecule has 0 atom stereocenters. The molecule has 8 heteroatoms. The molecule has 7 rings (SSSR count). The van der Waals surface area contributed by atoms with Crippen LogP contribution in [0.3, 0.4) is 0 Å². The number of benzene rings is 4. The van der Waals surface area contributed by atoms with Gasteiger partial charge < -0.3 is 9.47 Å². The lowest BCUT2D eigenvalue weighted by atomic mass is 9.81. The van der Waals surface area contributed by atoms with Crippen LogP contribution in [-0.2, 0) is 14.9 Å². The summed E-state index contributed by atoms with van der Waals surface area (Å²) in [4.78, 5) is 59.1. The maximum atomic E-state index is 14.5. The van der Waals surface area contributed by atoms with Crippen molar-refractivity contribution in [1.82, 2.24) is 0 Å². The molecule has 4 aromatic carbocycles. The molecule has 8 nitrogen and oxygen atoms in total. The van der Waals surface area contributed by atoms with Crippen LogP contribution in [0.5, 0.6) is 0 Å². The Morgan fingerprint density at radius 1 is 0.549 bits per heavy atom. The Morgan fingerprint density at radius 3 is 1.45 bits per heavy atom. The summed E-state index contributed by atoms with van der Waals surface area (Å²) in [5, 5.41) is 0. The summed E-state index contributed by atoms with van der Waals surface area (Å²) in [7, 11) is 0. The van der Waals surface area contributed by atoms with Crippen molar-refractivity contribution >= 4 is 35.1 Å². The van der Waals surface area contributed by atoms with Gasteiger partial charge in [-0.3, -0.25) is 9.59 Å². The van der Waals surface area contributed by atoms with E-state index in [0.717, 1.165) is 26.5 Å². The number of anilines is 2. The molecule has 3 aliphatic rings. The van der Waals surface area contributed by atoms with E-state index in [4.69, 9.17) is 9.47 Å². The van der Waals surface area contributed by atoms with Crippen molar-refractivity contribution in [3.63, 3.8) is 0 Å². The van der Waals surface area contributed by atoms with Crippen LogP contribution >= 0.6 is 0 Å². The summed E-state index contributed by atoms with van der Waals surface area (Å²) in [6, 6.07) is 23.3. The number of amides is 2. The first-order valence-electron chi connectivity index (χ1n) is 17.2. The zero-order chi connectivity index (χ0) is 36.9. The van der Waals surface area contributed by atoms with Crippen LogP contribution in [0.1, 0.15) is 98.4 Å². The number of allylic oxidation sites excluding steroid dienone is 2. The predicted molar refractivity (Wildman–Crippen MR) is 198 cm³/mol. The highest BCUT2D eigenvalue weighted by molar-refractivity contribution is 6.33. The van der Waals surface area contributed by atoms with Gasteiger partial charge in [-0.05, 0) is 125 Å². The fourth-order valence-corrected chi connectivity index (χ4v) is 7.26. The van der Waals surface area contributed by atoms with Gasteiger partial charge in [-0.15, -0.1) is 0 Å². The third kappa shape index (κ3) is 5.54. The zero-order valence-corrected chi connectivity index (χ0v) is 30.8. The van der Waals surface area contributed by atoms with Gasteiger partial charge in [0.05, 0.1) is 11.4 Å². The molecule has 0 saturated carbocycles. The normalized spacial score (nSPS) is 17.3. The minimum atomic E-state index is -0.931. The first-order chi connectivity index (χ1) is 23.8. The van der Waals surface area contributed by atoms with Gasteiger partial charge in [0.1, 0.15) is 22.6 Å². The molecule has 0 radical (unpaired) electrons. The van der Waals surface area contributed by atoms with Crippen LogP contribution in [0.4, 0.5) is 21.0 Å². The van der Waals surface area contributed by atoms with Gasteiger partial charge in [0, 0.05) is 16.5 Å². The smallest absolute Gasteiger partial charge is 0.419 e. The molecule has 0 unspecified atom stereocenters. The number of nitrogens with zero attached hydrogens (tertiary/aromatic N) is 2. The number of ketones is 2. The van der Waals surface area contributed by atoms with Crippen molar-refractivity contribution in [1.29, 1.82) is 0 Å². The molecule has 0 fully saturated rings. The van der Waals surface area contributed by atoms with Crippen molar-refractivity contribution in [2.75, 3.05) is 9.80 Å². The molecule has 0 saturated heterocycles. The second-order valence-corrected chi connectivity index (χ2v) is 16.2. The fraction of sp³-hybridized carbons (Fsp3) is 0.302. The SMILES string of the molecule is Cc1ccc2c(c1)N(C(=O)OC(C)(C)C)/C(=C1\C(=O)c3ccc(-c4ccc5c(c4)C(C)(C)c4cc(C)ccc4-5)cc3N1C(=O)OC(C)(C)C)C2=O. The molecule has 51 heavy (non-hydrogen) atoms. The summed E-state index contributed by atoms with van der Waals surface area (Å²) in [6.45, 7) is 18.7. The molecular formula is C43H42N2O6. The van der Waals surface area contributed by atoms with Gasteiger partial charge >= 0.3 is 12.2 Å². The minimum absolute atomic E-state index is 0.209. The average Bonchev–Trinajstić information content (AvgIpc) is 3.56. The zero-order valence-electron chi connectivity index (χ0n) is 30.8. The highest BCUT2D eigenvalue weighted by Crippen LogP contribution is 2.51. The summed E-state index contributed by atoms with van der Waals surface area (Å²) in [5.41, 5.74) is 6.90. The Kier molecular flexibility index (Phi) is 7.50. The van der Waals surface area contributed by atoms with Crippen LogP contribution in [0.2, 0.25) is 0 Å². The maximum Gasteiger partial charge on any atom is 0.419 e. The Hall–Kier alpha value is -5.50. The fourth-order valence-electron chi connectivity index (χ4n) is 7.26. The third-order valence-electron chi connectivity index (χ3n) is 9.54. The Bertz CT molecular complexity index is 2260. The van der Waals surface area contributed by atoms with E-state index in [2.05, 4.69) is 51.1 Å². The first kappa shape index (κ1) is 34.0. The second kappa shape index (κ2) is 11.3. The molecule has 2 heterocycles. The van der Waals surface area contributed by atoms with Crippen LogP contribution in [-0.4, -0.2) is 35.0 Å². The van der Waals surface area contributed by atoms with Gasteiger partial charge in [-0.2, -0.15) is 0 Å². The quantitative estimate of drug-likeness (QED) is 0.186. The number of hydrogen-bond acceptors (Lipinski definition) is 6. The van der Waals surface area contributed by atoms with Crippen LogP contribution in [0, 0.1) is 13.8 Å². The van der Waals surface area contributed by atoms with Gasteiger partial charge in [0.2, 0.25) is 11.6 Å². The van der Waals surface area contributed by atoms with E-state index in [0.29, 0.717) is 0 Å². The Morgan fingerprint density at radius 2 is 0.941 bits per heavy atom. The molecule has 2 amide bonds. The van der Waals surface area contributed by atoms with Crippen LogP contribution in [0.15, 0.2) is 84.2 Å². The van der Waals surface area contributed by atoms with E-state index in [9.17, 15) is 19.2 Å². The van der Waals surface area contributed by atoms with E-state index in [1.54, 1.807) is 71.9 Å². The van der Waals surface area contributed by atoms with Crippen molar-refractivity contribution in [2.45, 2.75) is 85.9 Å². The number of carbonyl (C=O) groups excluding carboxylic acids is 4. The largest absolute Gasteiger partial charge is 0.443 e. The number of ether oxygens (including phenoxy) is 2. The average molecular weight is 683 g/mol. The maximum absolute atomic E-state index is 14.5. The number of rotatable bonds is 1. The number of fused-ring (bicyclic) bond motifs is 5. The van der Waals surface area contributed by atoms with Gasteiger partial charge in [0.15, 0.2) is 0 Å². The second-order valence-electron chi connectivity index (χ2n) is 16.2. The van der Waals surface area contributed by atoms with Crippen molar-refractivity contribution < 1.29 is 28.7 Å². The first-order valence-corrected chi connectivity index (χ1v) is 17.2. The number of hydrogen-bond donors (Lipinski definition) is 0. The molecule has 0 bridgehead atoms. The number of carbonyl (C=O) groups is 4. The number of aryl methyl sites for hydroxylation is 2. The monoisotopic (exact) mass is 682 g/mol. The highest BCUT2D eigenvalue weighted by Gasteiger charge is 2.49. The highest BCUT2D eigenvalue weighted by atomic mass is 16.6. The van der Waals surface area contributed by atoms with E-state index >= 15 is 0 Å². The van der Waals surface area contributed by atoms with E-state index < -0.39 is 35.0 Å². The van der Waals surface area contributed by atoms with E-state index in [1.165, 1.54) is 27.8 Å². The predicted octanol–water partition coefficient (Wildman–Crippen LogP) is 10.1. The molecule has 2 aliphatic heterocycles. The van der Waals surface area contributed by atoms with Crippen LogP contribution < -0.4 is 9.80 Å². The Labute approximate surface area is 298 Å². The van der Waals surface area contributed by atoms with Crippen LogP contribution in [0.25, 0.3) is 22.3 Å². The molecule has 1 aliphatic carbocycles. The van der Waals surface area contributed by atoms with Gasteiger partial charge in [-0.1, -0.05) is 61.9 Å². The Balaban J connectivity index is 1.41. The summed E-state index contributed by atoms with van der Waals surface area (Å²) < 4.78 is 11.6. The molecule has 0 aromatic heterocycles. The lowest BCUT2D eigenvalue weighted by Crippen LogP contribution is -2.40. The molecule has 4 aromatic rings. The third-order valence-corrected chi connectivity index (χ3v) is 9.54. The van der Waals surface area contributed by atoms with Crippen molar-refractivity contribution in [2.24, 2.45) is 0 Å². The summed E-state index contributed by atoms with van der Waals surface area (Å²) in [5.74, 6) is -1.15. The lowest BCUT2D eigenvalue weighted by molar-refractivity contribution is 0.0571. The van der Waals surface area contributed by atoms with E-state index in [1.807, 2.05) is 19.1 Å². The standard InChI is InChI=1S/C43H42N2O6/c1-23-11-15-27-28-17-13-25(21-32(28)43(9,10)31(27)19-23)26-14-18-30-34(22-26)45(40(49)51-42(6,7)8)36(38(30)47)35-37(46)29-16-12-24(2)20-33(29)44(35)39(48)50-41(3,4)5/h11-22H,1-10H3/b36-35+. The van der Waals surface area contributed by atoms with Gasteiger partial charge in [-0.25, -0.2) is 19.4 Å². The number of Topliss-reactive ketones (excluding diaryl/α,β-unsaturated/α-hetero) is 2. The minimum Gasteiger partial charge on any atom is -0.443 e. The van der Waals surface area contributed by atoms with Crippen molar-refractivity contribution in [3.05, 3.63) is 118 Å².